The molecule has 0 spiro atoms. The van der Waals surface area contributed by atoms with Gasteiger partial charge in [0, 0.05) is 12.1 Å². The summed E-state index contributed by atoms with van der Waals surface area (Å²) in [5.74, 6) is 0.899. The minimum atomic E-state index is -0.0958. The topological polar surface area (TPSA) is 30.5 Å². The molecule has 0 heterocycles. The van der Waals surface area contributed by atoms with Crippen LogP contribution in [0.1, 0.15) is 51.7 Å². The molecule has 0 atom stereocenters. The first-order valence-corrected chi connectivity index (χ1v) is 7.53. The summed E-state index contributed by atoms with van der Waals surface area (Å²) >= 11 is 0. The lowest BCUT2D eigenvalue weighted by atomic mass is 10.1. The average Bonchev–Trinajstić information content (AvgIpc) is 2.45. The molecule has 0 aromatic heterocycles. The summed E-state index contributed by atoms with van der Waals surface area (Å²) in [6, 6.07) is 6.31. The molecule has 0 aliphatic heterocycles. The van der Waals surface area contributed by atoms with Gasteiger partial charge in [-0.15, -0.1) is 0 Å². The number of benzene rings is 1. The van der Waals surface area contributed by atoms with Crippen LogP contribution < -0.4 is 10.1 Å². The summed E-state index contributed by atoms with van der Waals surface area (Å²) < 4.78 is 11.4. The van der Waals surface area contributed by atoms with Gasteiger partial charge in [-0.05, 0) is 50.9 Å². The van der Waals surface area contributed by atoms with E-state index in [2.05, 4.69) is 45.1 Å². The molecule has 1 aromatic carbocycles. The van der Waals surface area contributed by atoms with Crippen LogP contribution in [0, 0.1) is 0 Å². The van der Waals surface area contributed by atoms with Crippen molar-refractivity contribution < 1.29 is 9.47 Å². The summed E-state index contributed by atoms with van der Waals surface area (Å²) in [5, 5.41) is 3.42. The van der Waals surface area contributed by atoms with E-state index in [-0.39, 0.29) is 5.60 Å². The van der Waals surface area contributed by atoms with Crippen LogP contribution in [0.15, 0.2) is 18.2 Å². The Hall–Kier alpha value is -1.06. The molecule has 114 valence electrons. The minimum Gasteiger partial charge on any atom is -0.496 e. The van der Waals surface area contributed by atoms with Crippen LogP contribution in [0.25, 0.3) is 0 Å². The van der Waals surface area contributed by atoms with Crippen LogP contribution in [-0.2, 0) is 17.9 Å². The van der Waals surface area contributed by atoms with Gasteiger partial charge in [0.05, 0.1) is 19.3 Å². The van der Waals surface area contributed by atoms with E-state index in [4.69, 9.17) is 9.47 Å². The summed E-state index contributed by atoms with van der Waals surface area (Å²) in [5.41, 5.74) is 2.29. The Morgan fingerprint density at radius 2 is 1.95 bits per heavy atom. The van der Waals surface area contributed by atoms with Crippen molar-refractivity contribution in [2.45, 2.75) is 59.3 Å². The number of nitrogens with one attached hydrogen (secondary N) is 1. The molecular formula is C17H29NO2. The summed E-state index contributed by atoms with van der Waals surface area (Å²) in [6.45, 7) is 11.1. The molecule has 1 aromatic rings. The van der Waals surface area contributed by atoms with Gasteiger partial charge in [-0.3, -0.25) is 0 Å². The van der Waals surface area contributed by atoms with Gasteiger partial charge in [0.1, 0.15) is 5.75 Å². The lowest BCUT2D eigenvalue weighted by molar-refractivity contribution is -0.0322. The maximum atomic E-state index is 5.99. The van der Waals surface area contributed by atoms with Crippen LogP contribution in [0.4, 0.5) is 0 Å². The van der Waals surface area contributed by atoms with E-state index in [0.717, 1.165) is 37.2 Å². The van der Waals surface area contributed by atoms with E-state index < -0.39 is 0 Å². The Kier molecular flexibility index (Phi) is 7.03. The molecule has 0 saturated carbocycles. The van der Waals surface area contributed by atoms with Crippen LogP contribution in [0.5, 0.6) is 5.75 Å². The van der Waals surface area contributed by atoms with E-state index in [1.165, 1.54) is 5.56 Å². The van der Waals surface area contributed by atoms with Crippen molar-refractivity contribution in [3.8, 4) is 5.75 Å². The van der Waals surface area contributed by atoms with Crippen molar-refractivity contribution in [2.24, 2.45) is 0 Å². The van der Waals surface area contributed by atoms with Crippen LogP contribution in [0.2, 0.25) is 0 Å². The number of ether oxygens (including phenoxy) is 2. The highest BCUT2D eigenvalue weighted by molar-refractivity contribution is 5.37. The average molecular weight is 279 g/mol. The van der Waals surface area contributed by atoms with Gasteiger partial charge < -0.3 is 14.8 Å². The quantitative estimate of drug-likeness (QED) is 0.695. The molecule has 1 N–H and O–H groups in total. The SMILES string of the molecule is CCCNCc1ccc(OC)c(COC(C)(C)CC)c1. The molecule has 0 amide bonds. The first-order chi connectivity index (χ1) is 9.52. The van der Waals surface area contributed by atoms with Crippen LogP contribution in [-0.4, -0.2) is 19.3 Å². The van der Waals surface area contributed by atoms with Gasteiger partial charge in [-0.25, -0.2) is 0 Å². The highest BCUT2D eigenvalue weighted by atomic mass is 16.5. The fourth-order valence-corrected chi connectivity index (χ4v) is 1.84. The zero-order valence-electron chi connectivity index (χ0n) is 13.6. The van der Waals surface area contributed by atoms with Gasteiger partial charge in [0.2, 0.25) is 0 Å². The molecular weight excluding hydrogens is 250 g/mol. The molecule has 0 saturated heterocycles. The molecule has 3 heteroatoms. The Bertz CT molecular complexity index is 402. The molecule has 0 unspecified atom stereocenters. The third kappa shape index (κ3) is 5.51. The predicted molar refractivity (Wildman–Crippen MR) is 84.2 cm³/mol. The zero-order chi connectivity index (χ0) is 15.0. The predicted octanol–water partition coefficient (Wildman–Crippen LogP) is 3.90. The second-order valence-electron chi connectivity index (χ2n) is 5.72. The van der Waals surface area contributed by atoms with Crippen molar-refractivity contribution in [1.29, 1.82) is 0 Å². The smallest absolute Gasteiger partial charge is 0.124 e. The van der Waals surface area contributed by atoms with Crippen molar-refractivity contribution in [3.63, 3.8) is 0 Å². The first-order valence-electron chi connectivity index (χ1n) is 7.53. The minimum absolute atomic E-state index is 0.0958. The zero-order valence-corrected chi connectivity index (χ0v) is 13.6. The summed E-state index contributed by atoms with van der Waals surface area (Å²) in [6.07, 6.45) is 2.14. The number of methoxy groups -OCH3 is 1. The van der Waals surface area contributed by atoms with E-state index in [0.29, 0.717) is 6.61 Å². The number of rotatable bonds is 9. The third-order valence-electron chi connectivity index (χ3n) is 3.57. The molecule has 0 aliphatic carbocycles. The Labute approximate surface area is 123 Å². The molecule has 0 bridgehead atoms. The first kappa shape index (κ1) is 17.0. The number of hydrogen-bond donors (Lipinski definition) is 1. The largest absolute Gasteiger partial charge is 0.496 e. The standard InChI is InChI=1S/C17H29NO2/c1-6-10-18-12-14-8-9-16(19-5)15(11-14)13-20-17(3,4)7-2/h8-9,11,18H,6-7,10,12-13H2,1-5H3. The lowest BCUT2D eigenvalue weighted by Crippen LogP contribution is -2.23. The van der Waals surface area contributed by atoms with E-state index in [1.807, 2.05) is 6.07 Å². The highest BCUT2D eigenvalue weighted by Gasteiger charge is 2.16. The molecule has 1 rings (SSSR count). The van der Waals surface area contributed by atoms with Crippen LogP contribution >= 0.6 is 0 Å². The van der Waals surface area contributed by atoms with Crippen molar-refractivity contribution in [1.82, 2.24) is 5.32 Å². The lowest BCUT2D eigenvalue weighted by Gasteiger charge is -2.24. The molecule has 3 nitrogen and oxygen atoms in total. The van der Waals surface area contributed by atoms with Gasteiger partial charge in [0.25, 0.3) is 0 Å². The van der Waals surface area contributed by atoms with Gasteiger partial charge >= 0.3 is 0 Å². The number of hydrogen-bond acceptors (Lipinski definition) is 3. The summed E-state index contributed by atoms with van der Waals surface area (Å²) in [7, 11) is 1.71. The molecule has 0 aliphatic rings. The van der Waals surface area contributed by atoms with E-state index in [9.17, 15) is 0 Å². The van der Waals surface area contributed by atoms with Gasteiger partial charge in [0.15, 0.2) is 0 Å². The second kappa shape index (κ2) is 8.28. The molecule has 0 radical (unpaired) electrons. The molecule has 0 fully saturated rings. The Morgan fingerprint density at radius 3 is 2.55 bits per heavy atom. The van der Waals surface area contributed by atoms with E-state index >= 15 is 0 Å². The fourth-order valence-electron chi connectivity index (χ4n) is 1.84. The fraction of sp³-hybridized carbons (Fsp3) is 0.647. The van der Waals surface area contributed by atoms with Crippen LogP contribution in [0.3, 0.4) is 0 Å². The Morgan fingerprint density at radius 1 is 1.20 bits per heavy atom. The van der Waals surface area contributed by atoms with Gasteiger partial charge in [-0.1, -0.05) is 19.9 Å². The molecule has 20 heavy (non-hydrogen) atoms. The van der Waals surface area contributed by atoms with Gasteiger partial charge in [-0.2, -0.15) is 0 Å². The summed E-state index contributed by atoms with van der Waals surface area (Å²) in [4.78, 5) is 0. The second-order valence-corrected chi connectivity index (χ2v) is 5.72. The van der Waals surface area contributed by atoms with Crippen molar-refractivity contribution in [2.75, 3.05) is 13.7 Å². The normalized spacial score (nSPS) is 11.7. The third-order valence-corrected chi connectivity index (χ3v) is 3.57. The maximum absolute atomic E-state index is 5.99. The van der Waals surface area contributed by atoms with Crippen molar-refractivity contribution >= 4 is 0 Å². The highest BCUT2D eigenvalue weighted by Crippen LogP contribution is 2.24. The maximum Gasteiger partial charge on any atom is 0.124 e. The van der Waals surface area contributed by atoms with Crippen molar-refractivity contribution in [3.05, 3.63) is 29.3 Å². The Balaban J connectivity index is 2.73. The van der Waals surface area contributed by atoms with E-state index in [1.54, 1.807) is 7.11 Å². The monoisotopic (exact) mass is 279 g/mol.